The lowest BCUT2D eigenvalue weighted by molar-refractivity contribution is 0.226. The molecule has 0 radical (unpaired) electrons. The SMILES string of the molecule is CCOP(=O)(OCC)C(N=Cc1ccccc1)=C(C)Cl. The molecular weight excluding hydrogens is 297 g/mol. The molecule has 0 heterocycles. The molecule has 4 nitrogen and oxygen atoms in total. The Morgan fingerprint density at radius 2 is 1.80 bits per heavy atom. The van der Waals surface area contributed by atoms with Crippen LogP contribution in [-0.2, 0) is 13.6 Å². The Hall–Kier alpha value is -0.930. The second-order valence-corrected chi connectivity index (χ2v) is 6.36. The van der Waals surface area contributed by atoms with Crippen molar-refractivity contribution in [2.24, 2.45) is 4.99 Å². The van der Waals surface area contributed by atoms with Crippen molar-refractivity contribution < 1.29 is 13.6 Å². The average Bonchev–Trinajstić information content (AvgIpc) is 2.40. The van der Waals surface area contributed by atoms with E-state index in [1.165, 1.54) is 0 Å². The number of aliphatic imine (C=N–C) groups is 1. The molecule has 0 N–H and O–H groups in total. The molecule has 0 aliphatic rings. The second kappa shape index (κ2) is 8.38. The summed E-state index contributed by atoms with van der Waals surface area (Å²) >= 11 is 6.00. The summed E-state index contributed by atoms with van der Waals surface area (Å²) in [6, 6.07) is 9.46. The van der Waals surface area contributed by atoms with E-state index in [0.29, 0.717) is 5.03 Å². The third-order valence-corrected chi connectivity index (χ3v) is 4.78. The fourth-order valence-electron chi connectivity index (χ4n) is 1.52. The highest BCUT2D eigenvalue weighted by atomic mass is 35.5. The van der Waals surface area contributed by atoms with Gasteiger partial charge in [-0.15, -0.1) is 0 Å². The van der Waals surface area contributed by atoms with E-state index in [9.17, 15) is 4.57 Å². The van der Waals surface area contributed by atoms with Crippen molar-refractivity contribution >= 4 is 25.4 Å². The van der Waals surface area contributed by atoms with Gasteiger partial charge in [0.2, 0.25) is 0 Å². The molecule has 0 saturated carbocycles. The number of hydrogen-bond acceptors (Lipinski definition) is 4. The van der Waals surface area contributed by atoms with Crippen LogP contribution in [0.2, 0.25) is 0 Å². The predicted octanol–water partition coefficient (Wildman–Crippen LogP) is 4.80. The van der Waals surface area contributed by atoms with Crippen molar-refractivity contribution in [2.45, 2.75) is 20.8 Å². The molecule has 1 aromatic rings. The van der Waals surface area contributed by atoms with Crippen LogP contribution in [0.15, 0.2) is 45.8 Å². The van der Waals surface area contributed by atoms with E-state index in [1.807, 2.05) is 30.3 Å². The van der Waals surface area contributed by atoms with Crippen molar-refractivity contribution in [3.63, 3.8) is 0 Å². The molecule has 0 unspecified atom stereocenters. The van der Waals surface area contributed by atoms with Crippen LogP contribution >= 0.6 is 19.2 Å². The monoisotopic (exact) mass is 315 g/mol. The zero-order valence-electron chi connectivity index (χ0n) is 11.9. The van der Waals surface area contributed by atoms with E-state index in [1.54, 1.807) is 27.0 Å². The van der Waals surface area contributed by atoms with Crippen LogP contribution < -0.4 is 0 Å². The normalized spacial score (nSPS) is 13.6. The molecule has 0 aliphatic heterocycles. The summed E-state index contributed by atoms with van der Waals surface area (Å²) in [6.45, 7) is 5.61. The Morgan fingerprint density at radius 1 is 1.25 bits per heavy atom. The van der Waals surface area contributed by atoms with Gasteiger partial charge in [-0.2, -0.15) is 0 Å². The highest BCUT2D eigenvalue weighted by Crippen LogP contribution is 2.58. The van der Waals surface area contributed by atoms with Crippen LogP contribution in [0.4, 0.5) is 0 Å². The van der Waals surface area contributed by atoms with Crippen LogP contribution in [0.1, 0.15) is 26.3 Å². The quantitative estimate of drug-likeness (QED) is 0.536. The number of nitrogens with zero attached hydrogens (tertiary/aromatic N) is 1. The van der Waals surface area contributed by atoms with Gasteiger partial charge >= 0.3 is 7.60 Å². The van der Waals surface area contributed by atoms with Gasteiger partial charge in [-0.25, -0.2) is 4.99 Å². The predicted molar refractivity (Wildman–Crippen MR) is 83.4 cm³/mol. The molecule has 0 atom stereocenters. The number of halogens is 1. The summed E-state index contributed by atoms with van der Waals surface area (Å²) in [5, 5.41) is 0.294. The highest BCUT2D eigenvalue weighted by Gasteiger charge is 2.31. The van der Waals surface area contributed by atoms with Gasteiger partial charge in [0.15, 0.2) is 5.44 Å². The molecule has 0 spiro atoms. The maximum absolute atomic E-state index is 12.7. The summed E-state index contributed by atoms with van der Waals surface area (Å²) in [5.74, 6) is 0. The lowest BCUT2D eigenvalue weighted by Crippen LogP contribution is -1.99. The fraction of sp³-hybridized carbons (Fsp3) is 0.357. The maximum Gasteiger partial charge on any atom is 0.380 e. The summed E-state index contributed by atoms with van der Waals surface area (Å²) in [6.07, 6.45) is 1.59. The molecule has 1 rings (SSSR count). The van der Waals surface area contributed by atoms with Crippen molar-refractivity contribution in [3.8, 4) is 0 Å². The molecule has 6 heteroatoms. The lowest BCUT2D eigenvalue weighted by atomic mass is 10.2. The van der Waals surface area contributed by atoms with E-state index in [2.05, 4.69) is 4.99 Å². The average molecular weight is 316 g/mol. The minimum atomic E-state index is -3.47. The van der Waals surface area contributed by atoms with Gasteiger partial charge in [0, 0.05) is 11.2 Å². The molecule has 0 aromatic heterocycles. The lowest BCUT2D eigenvalue weighted by Gasteiger charge is -2.17. The Balaban J connectivity index is 3.09. The van der Waals surface area contributed by atoms with Crippen molar-refractivity contribution in [1.82, 2.24) is 0 Å². The van der Waals surface area contributed by atoms with E-state index >= 15 is 0 Å². The van der Waals surface area contributed by atoms with Crippen molar-refractivity contribution in [2.75, 3.05) is 13.2 Å². The smallest absolute Gasteiger partial charge is 0.304 e. The van der Waals surface area contributed by atoms with Crippen molar-refractivity contribution in [1.29, 1.82) is 0 Å². The largest absolute Gasteiger partial charge is 0.380 e. The van der Waals surface area contributed by atoms with E-state index < -0.39 is 7.60 Å². The van der Waals surface area contributed by atoms with Crippen LogP contribution in [0, 0.1) is 0 Å². The molecule has 0 aliphatic carbocycles. The minimum Gasteiger partial charge on any atom is -0.304 e. The number of rotatable bonds is 7. The Kier molecular flexibility index (Phi) is 7.17. The number of benzene rings is 1. The summed E-state index contributed by atoms with van der Waals surface area (Å²) in [4.78, 5) is 4.21. The third-order valence-electron chi connectivity index (χ3n) is 2.30. The van der Waals surface area contributed by atoms with E-state index in [-0.39, 0.29) is 18.7 Å². The summed E-state index contributed by atoms with van der Waals surface area (Å²) in [5.41, 5.74) is 1.02. The zero-order chi connectivity index (χ0) is 15.0. The summed E-state index contributed by atoms with van der Waals surface area (Å²) in [7, 11) is -3.47. The number of allylic oxidation sites excluding steroid dienone is 1. The number of hydrogen-bond donors (Lipinski definition) is 0. The van der Waals surface area contributed by atoms with Gasteiger partial charge in [-0.05, 0) is 26.3 Å². The van der Waals surface area contributed by atoms with Crippen LogP contribution in [0.3, 0.4) is 0 Å². The topological polar surface area (TPSA) is 47.9 Å². The molecule has 20 heavy (non-hydrogen) atoms. The molecule has 0 fully saturated rings. The second-order valence-electron chi connectivity index (χ2n) is 3.86. The van der Waals surface area contributed by atoms with Gasteiger partial charge in [0.25, 0.3) is 0 Å². The first-order valence-electron chi connectivity index (χ1n) is 6.38. The van der Waals surface area contributed by atoms with Crippen LogP contribution in [-0.4, -0.2) is 19.4 Å². The molecule has 110 valence electrons. The minimum absolute atomic E-state index is 0.145. The Labute approximate surface area is 125 Å². The Morgan fingerprint density at radius 3 is 2.25 bits per heavy atom. The Bertz CT molecular complexity index is 514. The van der Waals surface area contributed by atoms with E-state index in [4.69, 9.17) is 20.6 Å². The molecule has 1 aromatic carbocycles. The fourth-order valence-corrected chi connectivity index (χ4v) is 3.46. The molecular formula is C14H19ClNO3P. The van der Waals surface area contributed by atoms with Crippen LogP contribution in [0.25, 0.3) is 0 Å². The first-order chi connectivity index (χ1) is 9.53. The van der Waals surface area contributed by atoms with Crippen molar-refractivity contribution in [3.05, 3.63) is 46.4 Å². The van der Waals surface area contributed by atoms with Gasteiger partial charge in [0.1, 0.15) is 0 Å². The van der Waals surface area contributed by atoms with Gasteiger partial charge in [-0.3, -0.25) is 4.57 Å². The van der Waals surface area contributed by atoms with E-state index in [0.717, 1.165) is 5.56 Å². The highest BCUT2D eigenvalue weighted by molar-refractivity contribution is 7.58. The van der Waals surface area contributed by atoms with Gasteiger partial charge < -0.3 is 9.05 Å². The first-order valence-corrected chi connectivity index (χ1v) is 8.30. The van der Waals surface area contributed by atoms with Gasteiger partial charge in [-0.1, -0.05) is 41.9 Å². The summed E-state index contributed by atoms with van der Waals surface area (Å²) < 4.78 is 23.2. The maximum atomic E-state index is 12.7. The standard InChI is InChI=1S/C14H19ClNO3P/c1-4-18-20(17,19-5-2)14(12(3)15)16-11-13-9-7-6-8-10-13/h6-11H,4-5H2,1-3H3. The molecule has 0 amide bonds. The zero-order valence-corrected chi connectivity index (χ0v) is 13.5. The van der Waals surface area contributed by atoms with Gasteiger partial charge in [0.05, 0.1) is 13.2 Å². The first kappa shape index (κ1) is 17.1. The molecule has 0 saturated heterocycles. The van der Waals surface area contributed by atoms with Crippen LogP contribution in [0.5, 0.6) is 0 Å². The third kappa shape index (κ3) is 4.88. The molecule has 0 bridgehead atoms.